The minimum atomic E-state index is -4.52. The van der Waals surface area contributed by atoms with E-state index in [1.807, 2.05) is 13.8 Å². The summed E-state index contributed by atoms with van der Waals surface area (Å²) in [5, 5.41) is 19.9. The van der Waals surface area contributed by atoms with Crippen molar-refractivity contribution in [1.82, 2.24) is 9.55 Å². The highest BCUT2D eigenvalue weighted by molar-refractivity contribution is 6.01. The number of carboxylic acids is 2. The van der Waals surface area contributed by atoms with E-state index in [2.05, 4.69) is 4.98 Å². The summed E-state index contributed by atoms with van der Waals surface area (Å²) >= 11 is 0. The van der Waals surface area contributed by atoms with Crippen molar-refractivity contribution >= 4 is 22.8 Å². The van der Waals surface area contributed by atoms with Gasteiger partial charge in [-0.15, -0.1) is 0 Å². The van der Waals surface area contributed by atoms with Crippen molar-refractivity contribution in [3.05, 3.63) is 77.6 Å². The Hall–Kier alpha value is -4.34. The molecule has 2 aromatic carbocycles. The first-order valence-corrected chi connectivity index (χ1v) is 11.9. The maximum atomic E-state index is 13.0. The molecular weight excluding hydrogens is 501 g/mol. The molecule has 4 aromatic rings. The second kappa shape index (κ2) is 10.6. The molecule has 38 heavy (non-hydrogen) atoms. The molecule has 0 aliphatic rings. The number of halogens is 3. The Labute approximate surface area is 216 Å². The van der Waals surface area contributed by atoms with E-state index in [0.29, 0.717) is 33.5 Å². The van der Waals surface area contributed by atoms with Gasteiger partial charge in [-0.05, 0) is 80.8 Å². The van der Waals surface area contributed by atoms with Crippen LogP contribution in [0, 0.1) is 0 Å². The van der Waals surface area contributed by atoms with Gasteiger partial charge in [-0.1, -0.05) is 6.07 Å². The monoisotopic (exact) mass is 526 g/mol. The molecule has 0 fully saturated rings. The van der Waals surface area contributed by atoms with Gasteiger partial charge in [-0.25, -0.2) is 4.79 Å². The average Bonchev–Trinajstić information content (AvgIpc) is 3.17. The first-order chi connectivity index (χ1) is 18.0. The zero-order valence-electron chi connectivity index (χ0n) is 20.6. The number of rotatable bonds is 9. The number of carbonyl (C=O) groups is 2. The van der Waals surface area contributed by atoms with Crippen molar-refractivity contribution in [2.45, 2.75) is 45.4 Å². The zero-order valence-corrected chi connectivity index (χ0v) is 20.6. The van der Waals surface area contributed by atoms with Crippen LogP contribution in [0.4, 0.5) is 13.2 Å². The summed E-state index contributed by atoms with van der Waals surface area (Å²) in [5.74, 6) is -1.57. The Balaban J connectivity index is 1.88. The predicted octanol–water partition coefficient (Wildman–Crippen LogP) is 6.60. The van der Waals surface area contributed by atoms with Gasteiger partial charge in [0, 0.05) is 29.3 Å². The Morgan fingerprint density at radius 3 is 2.29 bits per heavy atom. The summed E-state index contributed by atoms with van der Waals surface area (Å²) < 4.78 is 46.2. The molecule has 0 aliphatic carbocycles. The van der Waals surface area contributed by atoms with Crippen LogP contribution < -0.4 is 4.74 Å². The van der Waals surface area contributed by atoms with E-state index in [9.17, 15) is 27.9 Å². The van der Waals surface area contributed by atoms with Crippen LogP contribution in [0.25, 0.3) is 27.8 Å². The molecule has 0 radical (unpaired) electrons. The molecule has 0 bridgehead atoms. The lowest BCUT2D eigenvalue weighted by molar-refractivity contribution is -0.138. The van der Waals surface area contributed by atoms with E-state index < -0.39 is 23.7 Å². The van der Waals surface area contributed by atoms with Gasteiger partial charge in [-0.2, -0.15) is 13.2 Å². The van der Waals surface area contributed by atoms with Crippen molar-refractivity contribution in [3.63, 3.8) is 0 Å². The maximum absolute atomic E-state index is 13.0. The van der Waals surface area contributed by atoms with Crippen molar-refractivity contribution in [3.8, 4) is 22.7 Å². The van der Waals surface area contributed by atoms with E-state index in [1.54, 1.807) is 47.0 Å². The summed E-state index contributed by atoms with van der Waals surface area (Å²) in [7, 11) is 0. The smallest absolute Gasteiger partial charge is 0.417 e. The van der Waals surface area contributed by atoms with Crippen LogP contribution in [0.2, 0.25) is 0 Å². The molecule has 2 N–H and O–H groups in total. The SMILES string of the molecule is CC(C)Oc1ccc(-n2c(C(=O)O)c(CCCC(=O)O)c3cc(-c4ccc(C(F)(F)F)cn4)ccc32)cc1. The number of aliphatic carboxylic acids is 1. The number of benzene rings is 2. The fourth-order valence-electron chi connectivity index (χ4n) is 4.36. The first kappa shape index (κ1) is 26.7. The molecule has 10 heteroatoms. The molecule has 0 aliphatic heterocycles. The van der Waals surface area contributed by atoms with Crippen LogP contribution in [0.1, 0.15) is 48.3 Å². The maximum Gasteiger partial charge on any atom is 0.417 e. The fourth-order valence-corrected chi connectivity index (χ4v) is 4.36. The van der Waals surface area contributed by atoms with Crippen LogP contribution in [0.3, 0.4) is 0 Å². The highest BCUT2D eigenvalue weighted by atomic mass is 19.4. The van der Waals surface area contributed by atoms with E-state index >= 15 is 0 Å². The van der Waals surface area contributed by atoms with Crippen LogP contribution >= 0.6 is 0 Å². The highest BCUT2D eigenvalue weighted by Gasteiger charge is 2.31. The molecular formula is C28H25F3N2O5. The third-order valence-corrected chi connectivity index (χ3v) is 5.95. The number of aromatic carboxylic acids is 1. The van der Waals surface area contributed by atoms with Crippen molar-refractivity contribution in [2.75, 3.05) is 0 Å². The first-order valence-electron chi connectivity index (χ1n) is 11.9. The summed E-state index contributed by atoms with van der Waals surface area (Å²) in [6.45, 7) is 3.78. The van der Waals surface area contributed by atoms with Gasteiger partial charge >= 0.3 is 18.1 Å². The third kappa shape index (κ3) is 5.64. The third-order valence-electron chi connectivity index (χ3n) is 5.95. The second-order valence-corrected chi connectivity index (χ2v) is 9.04. The molecule has 2 heterocycles. The zero-order chi connectivity index (χ0) is 27.6. The minimum Gasteiger partial charge on any atom is -0.491 e. The van der Waals surface area contributed by atoms with Gasteiger partial charge in [-0.3, -0.25) is 9.78 Å². The lowest BCUT2D eigenvalue weighted by atomic mass is 10.0. The van der Waals surface area contributed by atoms with Gasteiger partial charge in [0.1, 0.15) is 11.4 Å². The lowest BCUT2D eigenvalue weighted by Gasteiger charge is -2.13. The summed E-state index contributed by atoms with van der Waals surface area (Å²) in [6, 6.07) is 14.2. The van der Waals surface area contributed by atoms with E-state index in [0.717, 1.165) is 12.3 Å². The largest absolute Gasteiger partial charge is 0.491 e. The number of pyridine rings is 1. The normalized spacial score (nSPS) is 11.7. The van der Waals surface area contributed by atoms with Crippen molar-refractivity contribution < 1.29 is 37.7 Å². The van der Waals surface area contributed by atoms with E-state index in [1.165, 1.54) is 6.07 Å². The number of fused-ring (bicyclic) bond motifs is 1. The number of nitrogens with zero attached hydrogens (tertiary/aromatic N) is 2. The predicted molar refractivity (Wildman–Crippen MR) is 135 cm³/mol. The number of aromatic nitrogens is 2. The summed E-state index contributed by atoms with van der Waals surface area (Å²) in [6.07, 6.45) is -3.57. The molecule has 7 nitrogen and oxygen atoms in total. The Kier molecular flexibility index (Phi) is 7.43. The standard InChI is InChI=1S/C28H25F3N2O5/c1-16(2)38-20-10-8-19(9-11-20)33-24-13-6-17(23-12-7-18(15-32-23)28(29,30)31)14-22(24)21(26(33)27(36)37)4-3-5-25(34)35/h6-16H,3-5H2,1-2H3,(H,34,35)(H,36,37). The molecule has 0 atom stereocenters. The van der Waals surface area contributed by atoms with Crippen LogP contribution in [-0.2, 0) is 17.4 Å². The van der Waals surface area contributed by atoms with Crippen LogP contribution in [0.5, 0.6) is 5.75 Å². The molecule has 0 amide bonds. The minimum absolute atomic E-state index is 0.0135. The molecule has 4 rings (SSSR count). The highest BCUT2D eigenvalue weighted by Crippen LogP contribution is 2.35. The molecule has 0 saturated heterocycles. The molecule has 198 valence electrons. The van der Waals surface area contributed by atoms with Gasteiger partial charge in [0.25, 0.3) is 0 Å². The fraction of sp³-hybridized carbons (Fsp3) is 0.250. The van der Waals surface area contributed by atoms with E-state index in [4.69, 9.17) is 9.84 Å². The molecule has 0 unspecified atom stereocenters. The quantitative estimate of drug-likeness (QED) is 0.255. The summed E-state index contributed by atoms with van der Waals surface area (Å²) in [5.41, 5.74) is 1.46. The number of carboxylic acid groups (broad SMARTS) is 2. The van der Waals surface area contributed by atoms with Crippen LogP contribution in [-0.4, -0.2) is 37.8 Å². The molecule has 0 spiro atoms. The lowest BCUT2D eigenvalue weighted by Crippen LogP contribution is -2.10. The number of alkyl halides is 3. The Bertz CT molecular complexity index is 1470. The van der Waals surface area contributed by atoms with Crippen molar-refractivity contribution in [2.24, 2.45) is 0 Å². The van der Waals surface area contributed by atoms with Gasteiger partial charge < -0.3 is 19.5 Å². The molecule has 2 aromatic heterocycles. The Morgan fingerprint density at radius 1 is 1.03 bits per heavy atom. The number of hydrogen-bond acceptors (Lipinski definition) is 4. The van der Waals surface area contributed by atoms with Gasteiger partial charge in [0.05, 0.1) is 22.9 Å². The Morgan fingerprint density at radius 2 is 1.74 bits per heavy atom. The summed E-state index contributed by atoms with van der Waals surface area (Å²) in [4.78, 5) is 27.6. The van der Waals surface area contributed by atoms with Gasteiger partial charge in [0.15, 0.2) is 0 Å². The van der Waals surface area contributed by atoms with E-state index in [-0.39, 0.29) is 36.8 Å². The number of ether oxygens (including phenoxy) is 1. The van der Waals surface area contributed by atoms with Gasteiger partial charge in [0.2, 0.25) is 0 Å². The topological polar surface area (TPSA) is 102 Å². The second-order valence-electron chi connectivity index (χ2n) is 9.04. The van der Waals surface area contributed by atoms with Crippen LogP contribution in [0.15, 0.2) is 60.8 Å². The van der Waals surface area contributed by atoms with Crippen molar-refractivity contribution in [1.29, 1.82) is 0 Å². The number of hydrogen-bond donors (Lipinski definition) is 2. The number of aryl methyl sites for hydroxylation is 1. The average molecular weight is 527 g/mol. The molecule has 0 saturated carbocycles.